The Labute approximate surface area is 127 Å². The topological polar surface area (TPSA) is 27.7 Å². The van der Waals surface area contributed by atoms with Gasteiger partial charge >= 0.3 is 0 Å². The highest BCUT2D eigenvalue weighted by Gasteiger charge is 2.49. The number of hydrogen-bond donors (Lipinski definition) is 0. The fraction of sp³-hybridized carbons (Fsp3) is 0.538. The molecular formula is C13H15Cl3O3. The Bertz CT molecular complexity index is 451. The minimum absolute atomic E-state index is 0.101. The summed E-state index contributed by atoms with van der Waals surface area (Å²) in [7, 11) is 3.16. The van der Waals surface area contributed by atoms with Crippen LogP contribution in [0.3, 0.4) is 0 Å². The molecule has 0 spiro atoms. The molecule has 1 aromatic carbocycles. The van der Waals surface area contributed by atoms with E-state index in [0.717, 1.165) is 5.56 Å². The average Bonchev–Trinajstić information content (AvgIpc) is 2.72. The fourth-order valence-corrected chi connectivity index (χ4v) is 3.28. The number of alkyl halides is 3. The largest absolute Gasteiger partial charge is 0.493 e. The predicted molar refractivity (Wildman–Crippen MR) is 76.9 cm³/mol. The molecule has 1 heterocycles. The van der Waals surface area contributed by atoms with E-state index >= 15 is 0 Å². The molecule has 0 radical (unpaired) electrons. The molecule has 1 aliphatic heterocycles. The van der Waals surface area contributed by atoms with Crippen molar-refractivity contribution in [2.24, 2.45) is 5.92 Å². The molecule has 1 fully saturated rings. The normalized spacial score (nSPS) is 25.3. The molecule has 1 aliphatic rings. The van der Waals surface area contributed by atoms with Gasteiger partial charge in [0.05, 0.1) is 20.8 Å². The van der Waals surface area contributed by atoms with Gasteiger partial charge < -0.3 is 14.2 Å². The van der Waals surface area contributed by atoms with Crippen molar-refractivity contribution in [3.63, 3.8) is 0 Å². The van der Waals surface area contributed by atoms with Crippen LogP contribution in [0.5, 0.6) is 11.5 Å². The van der Waals surface area contributed by atoms with Crippen molar-refractivity contribution < 1.29 is 14.2 Å². The van der Waals surface area contributed by atoms with E-state index < -0.39 is 10.4 Å². The van der Waals surface area contributed by atoms with E-state index in [0.29, 0.717) is 24.0 Å². The molecule has 3 nitrogen and oxygen atoms in total. The van der Waals surface area contributed by atoms with Crippen LogP contribution in [0.2, 0.25) is 0 Å². The lowest BCUT2D eigenvalue weighted by Crippen LogP contribution is -2.27. The van der Waals surface area contributed by atoms with Gasteiger partial charge in [0.2, 0.25) is 0 Å². The molecule has 6 heteroatoms. The number of benzene rings is 1. The molecular weight excluding hydrogens is 310 g/mol. The summed E-state index contributed by atoms with van der Waals surface area (Å²) in [6.45, 7) is 0.440. The van der Waals surface area contributed by atoms with Crippen molar-refractivity contribution in [3.8, 4) is 11.5 Å². The summed E-state index contributed by atoms with van der Waals surface area (Å²) in [6, 6.07) is 5.48. The van der Waals surface area contributed by atoms with Crippen molar-refractivity contribution in [2.45, 2.75) is 10.4 Å². The van der Waals surface area contributed by atoms with Crippen LogP contribution >= 0.6 is 34.8 Å². The molecule has 0 aliphatic carbocycles. The van der Waals surface area contributed by atoms with Gasteiger partial charge in [0.1, 0.15) is 6.10 Å². The first-order chi connectivity index (χ1) is 9.04. The molecule has 0 N–H and O–H groups in total. The Morgan fingerprint density at radius 2 is 1.95 bits per heavy atom. The van der Waals surface area contributed by atoms with Crippen LogP contribution in [0.25, 0.3) is 0 Å². The lowest BCUT2D eigenvalue weighted by atomic mass is 10.00. The van der Waals surface area contributed by atoms with E-state index in [4.69, 9.17) is 49.0 Å². The number of methoxy groups -OCH3 is 2. The average molecular weight is 326 g/mol. The summed E-state index contributed by atoms with van der Waals surface area (Å²) in [6.07, 6.45) is -0.431. The van der Waals surface area contributed by atoms with Crippen LogP contribution in [0.1, 0.15) is 11.7 Å². The Kier molecular flexibility index (Phi) is 4.72. The van der Waals surface area contributed by atoms with E-state index in [1.165, 1.54) is 0 Å². The van der Waals surface area contributed by atoms with E-state index in [1.807, 2.05) is 12.1 Å². The first kappa shape index (κ1) is 15.0. The molecule has 106 valence electrons. The van der Waals surface area contributed by atoms with Crippen molar-refractivity contribution in [3.05, 3.63) is 23.8 Å². The van der Waals surface area contributed by atoms with Crippen molar-refractivity contribution in [2.75, 3.05) is 26.7 Å². The number of hydrogen-bond acceptors (Lipinski definition) is 3. The smallest absolute Gasteiger partial charge is 0.161 e. The van der Waals surface area contributed by atoms with E-state index in [2.05, 4.69) is 0 Å². The summed E-state index contributed by atoms with van der Waals surface area (Å²) in [4.78, 5) is 0. The van der Waals surface area contributed by atoms with Crippen LogP contribution in [0.4, 0.5) is 0 Å². The highest BCUT2D eigenvalue weighted by atomic mass is 35.5. The second-order valence-electron chi connectivity index (χ2n) is 4.35. The van der Waals surface area contributed by atoms with Crippen LogP contribution in [-0.4, -0.2) is 31.0 Å². The third kappa shape index (κ3) is 2.75. The zero-order valence-electron chi connectivity index (χ0n) is 10.7. The van der Waals surface area contributed by atoms with Gasteiger partial charge in [0.25, 0.3) is 0 Å². The molecule has 1 aromatic rings. The van der Waals surface area contributed by atoms with Gasteiger partial charge in [-0.25, -0.2) is 0 Å². The fourth-order valence-electron chi connectivity index (χ4n) is 2.13. The molecule has 2 rings (SSSR count). The Morgan fingerprint density at radius 3 is 2.47 bits per heavy atom. The van der Waals surface area contributed by atoms with E-state index in [9.17, 15) is 0 Å². The quantitative estimate of drug-likeness (QED) is 0.788. The monoisotopic (exact) mass is 324 g/mol. The first-order valence-corrected chi connectivity index (χ1v) is 7.11. The number of ether oxygens (including phenoxy) is 3. The Morgan fingerprint density at radius 1 is 1.26 bits per heavy atom. The summed E-state index contributed by atoms with van der Waals surface area (Å²) in [5.74, 6) is 1.52. The van der Waals surface area contributed by atoms with Gasteiger partial charge in [-0.05, 0) is 17.7 Å². The third-order valence-electron chi connectivity index (χ3n) is 3.25. The lowest BCUT2D eigenvalue weighted by Gasteiger charge is -2.25. The predicted octanol–water partition coefficient (Wildman–Crippen LogP) is 3.80. The molecule has 19 heavy (non-hydrogen) atoms. The van der Waals surface area contributed by atoms with Crippen LogP contribution < -0.4 is 9.47 Å². The van der Waals surface area contributed by atoms with Crippen LogP contribution in [0.15, 0.2) is 18.2 Å². The maximum absolute atomic E-state index is 6.39. The lowest BCUT2D eigenvalue weighted by molar-refractivity contribution is 0.105. The Hall–Kier alpha value is -0.350. The summed E-state index contributed by atoms with van der Waals surface area (Å²) < 4.78 is 15.1. The number of halogens is 3. The third-order valence-corrected chi connectivity index (χ3v) is 4.64. The molecule has 0 bridgehead atoms. The molecule has 0 saturated carbocycles. The van der Waals surface area contributed by atoms with Gasteiger partial charge in [-0.1, -0.05) is 29.3 Å². The van der Waals surface area contributed by atoms with E-state index in [-0.39, 0.29) is 5.92 Å². The zero-order chi connectivity index (χ0) is 14.0. The van der Waals surface area contributed by atoms with Gasteiger partial charge in [-0.2, -0.15) is 0 Å². The highest BCUT2D eigenvalue weighted by Crippen LogP contribution is 2.51. The van der Waals surface area contributed by atoms with Crippen LogP contribution in [-0.2, 0) is 4.74 Å². The molecule has 1 unspecified atom stereocenters. The zero-order valence-corrected chi connectivity index (χ0v) is 12.9. The summed E-state index contributed by atoms with van der Waals surface area (Å²) in [5, 5.41) is 0. The number of rotatable bonds is 4. The minimum Gasteiger partial charge on any atom is -0.493 e. The molecule has 0 amide bonds. The molecule has 0 aromatic heterocycles. The molecule has 2 atom stereocenters. The first-order valence-electron chi connectivity index (χ1n) is 5.81. The second-order valence-corrected chi connectivity index (χ2v) is 6.11. The van der Waals surface area contributed by atoms with Gasteiger partial charge in [-0.3, -0.25) is 0 Å². The van der Waals surface area contributed by atoms with Crippen molar-refractivity contribution >= 4 is 34.8 Å². The van der Waals surface area contributed by atoms with Gasteiger partial charge in [-0.15, -0.1) is 11.6 Å². The van der Waals surface area contributed by atoms with Gasteiger partial charge in [0, 0.05) is 11.8 Å². The maximum atomic E-state index is 6.39. The maximum Gasteiger partial charge on any atom is 0.161 e. The Balaban J connectivity index is 2.32. The second kappa shape index (κ2) is 5.96. The van der Waals surface area contributed by atoms with Crippen molar-refractivity contribution in [1.82, 2.24) is 0 Å². The van der Waals surface area contributed by atoms with Crippen molar-refractivity contribution in [1.29, 1.82) is 0 Å². The highest BCUT2D eigenvalue weighted by molar-refractivity contribution is 6.49. The minimum atomic E-state index is -1.04. The van der Waals surface area contributed by atoms with Crippen LogP contribution in [0, 0.1) is 5.92 Å². The van der Waals surface area contributed by atoms with Gasteiger partial charge in [0.15, 0.2) is 15.8 Å². The SMILES string of the molecule is COc1ccc(C2OC[C@@H](CCl)C2(Cl)Cl)cc1OC. The van der Waals surface area contributed by atoms with E-state index in [1.54, 1.807) is 20.3 Å². The standard InChI is InChI=1S/C13H15Cl3O3/c1-17-10-4-3-8(5-11(10)18-2)12-13(15,16)9(6-14)7-19-12/h3-5,9,12H,6-7H2,1-2H3/t9-,12?/m1/s1. The summed E-state index contributed by atoms with van der Waals surface area (Å²) >= 11 is 18.6. The molecule has 1 saturated heterocycles. The summed E-state index contributed by atoms with van der Waals surface area (Å²) in [5.41, 5.74) is 0.843.